The summed E-state index contributed by atoms with van der Waals surface area (Å²) in [5.41, 5.74) is 0.812. The lowest BCUT2D eigenvalue weighted by atomic mass is 9.93. The van der Waals surface area contributed by atoms with E-state index in [1.165, 1.54) is 28.5 Å². The minimum absolute atomic E-state index is 0.0659. The van der Waals surface area contributed by atoms with Crippen LogP contribution in [0.5, 0.6) is 0 Å². The molecule has 1 aliphatic carbocycles. The van der Waals surface area contributed by atoms with Crippen molar-refractivity contribution in [1.29, 1.82) is 0 Å². The third-order valence-electron chi connectivity index (χ3n) is 6.34. The number of rotatable bonds is 10. The van der Waals surface area contributed by atoms with Gasteiger partial charge in [0.15, 0.2) is 0 Å². The topological polar surface area (TPSA) is 41.5 Å². The molecule has 6 heteroatoms. The number of aliphatic hydroxyl groups is 1. The molecule has 0 saturated heterocycles. The van der Waals surface area contributed by atoms with E-state index in [1.54, 1.807) is 6.07 Å². The SMILES string of the molecule is CC(C)(Cc1ccc2ccccc2c1)NCC(O)COC(c1cccc(C(F)(F)F)c1)C1CC1. The fourth-order valence-electron chi connectivity index (χ4n) is 4.38. The smallest absolute Gasteiger partial charge is 0.389 e. The van der Waals surface area contributed by atoms with Gasteiger partial charge in [0.2, 0.25) is 0 Å². The molecule has 0 bridgehead atoms. The van der Waals surface area contributed by atoms with Crippen molar-refractivity contribution in [3.05, 3.63) is 83.4 Å². The molecule has 1 aliphatic rings. The van der Waals surface area contributed by atoms with Gasteiger partial charge in [0.1, 0.15) is 0 Å². The van der Waals surface area contributed by atoms with Gasteiger partial charge in [-0.25, -0.2) is 0 Å². The fourth-order valence-corrected chi connectivity index (χ4v) is 4.38. The van der Waals surface area contributed by atoms with Gasteiger partial charge in [0, 0.05) is 12.1 Å². The molecular weight excluding hydrogens is 439 g/mol. The first-order valence-electron chi connectivity index (χ1n) is 11.8. The van der Waals surface area contributed by atoms with Crippen LogP contribution in [0, 0.1) is 5.92 Å². The molecule has 2 atom stereocenters. The van der Waals surface area contributed by atoms with Crippen molar-refractivity contribution in [2.45, 2.75) is 57.0 Å². The van der Waals surface area contributed by atoms with Crippen molar-refractivity contribution in [3.8, 4) is 0 Å². The Hall–Kier alpha value is -2.41. The minimum Gasteiger partial charge on any atom is -0.389 e. The lowest BCUT2D eigenvalue weighted by Crippen LogP contribution is -2.46. The highest BCUT2D eigenvalue weighted by Gasteiger charge is 2.36. The quantitative estimate of drug-likeness (QED) is 0.365. The maximum absolute atomic E-state index is 13.1. The molecule has 0 amide bonds. The van der Waals surface area contributed by atoms with Gasteiger partial charge in [-0.05, 0) is 73.1 Å². The molecule has 2 N–H and O–H groups in total. The summed E-state index contributed by atoms with van der Waals surface area (Å²) in [4.78, 5) is 0. The van der Waals surface area contributed by atoms with Crippen LogP contribution < -0.4 is 5.32 Å². The Morgan fingerprint density at radius 3 is 2.41 bits per heavy atom. The number of benzene rings is 3. The first-order chi connectivity index (χ1) is 16.1. The van der Waals surface area contributed by atoms with Crippen LogP contribution in [0.1, 0.15) is 49.5 Å². The zero-order valence-corrected chi connectivity index (χ0v) is 19.6. The van der Waals surface area contributed by atoms with Crippen molar-refractivity contribution in [1.82, 2.24) is 5.32 Å². The second kappa shape index (κ2) is 10.1. The lowest BCUT2D eigenvalue weighted by Gasteiger charge is -2.29. The van der Waals surface area contributed by atoms with Gasteiger partial charge in [-0.1, -0.05) is 54.6 Å². The third-order valence-corrected chi connectivity index (χ3v) is 6.34. The van der Waals surface area contributed by atoms with Crippen LogP contribution >= 0.6 is 0 Å². The molecular formula is C28H32F3NO2. The van der Waals surface area contributed by atoms with Crippen LogP contribution in [-0.4, -0.2) is 29.9 Å². The van der Waals surface area contributed by atoms with E-state index in [9.17, 15) is 18.3 Å². The van der Waals surface area contributed by atoms with Gasteiger partial charge >= 0.3 is 6.18 Å². The normalized spacial score (nSPS) is 16.5. The average molecular weight is 472 g/mol. The summed E-state index contributed by atoms with van der Waals surface area (Å²) >= 11 is 0. The van der Waals surface area contributed by atoms with Crippen LogP contribution in [0.4, 0.5) is 13.2 Å². The average Bonchev–Trinajstić information content (AvgIpc) is 3.62. The van der Waals surface area contributed by atoms with E-state index >= 15 is 0 Å². The summed E-state index contributed by atoms with van der Waals surface area (Å²) in [6.45, 7) is 4.58. The fraction of sp³-hybridized carbons (Fsp3) is 0.429. The van der Waals surface area contributed by atoms with Crippen LogP contribution in [0.3, 0.4) is 0 Å². The largest absolute Gasteiger partial charge is 0.416 e. The van der Waals surface area contributed by atoms with Gasteiger partial charge in [0.25, 0.3) is 0 Å². The van der Waals surface area contributed by atoms with E-state index in [1.807, 2.05) is 12.1 Å². The molecule has 0 aromatic heterocycles. The third kappa shape index (κ3) is 6.59. The highest BCUT2D eigenvalue weighted by atomic mass is 19.4. The summed E-state index contributed by atoms with van der Waals surface area (Å²) in [6.07, 6.45) is -2.93. The zero-order chi connectivity index (χ0) is 24.3. The maximum atomic E-state index is 13.1. The van der Waals surface area contributed by atoms with Crippen molar-refractivity contribution in [2.75, 3.05) is 13.2 Å². The van der Waals surface area contributed by atoms with Crippen LogP contribution in [0.25, 0.3) is 10.8 Å². The van der Waals surface area contributed by atoms with Crippen LogP contribution in [0.2, 0.25) is 0 Å². The van der Waals surface area contributed by atoms with E-state index in [2.05, 4.69) is 49.5 Å². The molecule has 182 valence electrons. The Kier molecular flexibility index (Phi) is 7.31. The Morgan fingerprint density at radius 2 is 1.71 bits per heavy atom. The van der Waals surface area contributed by atoms with Crippen LogP contribution in [0.15, 0.2) is 66.7 Å². The van der Waals surface area contributed by atoms with E-state index in [0.717, 1.165) is 25.3 Å². The number of halogens is 3. The standard InChI is InChI=1S/C28H32F3NO2/c1-27(2,16-19-10-11-20-6-3-4-7-22(20)14-19)32-17-25(33)18-34-26(21-12-13-21)23-8-5-9-24(15-23)28(29,30)31/h3-11,14-15,21,25-26,32-33H,12-13,16-18H2,1-2H3. The van der Waals surface area contributed by atoms with Gasteiger partial charge in [-0.3, -0.25) is 0 Å². The molecule has 4 rings (SSSR count). The van der Waals surface area contributed by atoms with Gasteiger partial charge < -0.3 is 15.2 Å². The summed E-state index contributed by atoms with van der Waals surface area (Å²) in [5.74, 6) is 0.202. The number of β-amino-alcohol motifs (C(OH)–C–C–N with tert-alkyl or cyclic N) is 1. The van der Waals surface area contributed by atoms with Crippen molar-refractivity contribution < 1.29 is 23.0 Å². The van der Waals surface area contributed by atoms with E-state index < -0.39 is 23.9 Å². The first-order valence-corrected chi connectivity index (χ1v) is 11.8. The monoisotopic (exact) mass is 471 g/mol. The number of hydrogen-bond acceptors (Lipinski definition) is 3. The summed E-state index contributed by atoms with van der Waals surface area (Å²) in [5, 5.41) is 16.4. The predicted molar refractivity (Wildman–Crippen MR) is 129 cm³/mol. The highest BCUT2D eigenvalue weighted by Crippen LogP contribution is 2.44. The zero-order valence-electron chi connectivity index (χ0n) is 19.6. The second-order valence-corrected chi connectivity index (χ2v) is 9.99. The van der Waals surface area contributed by atoms with Gasteiger partial charge in [-0.2, -0.15) is 13.2 Å². The number of hydrogen-bond donors (Lipinski definition) is 2. The molecule has 1 saturated carbocycles. The van der Waals surface area contributed by atoms with Crippen LogP contribution in [-0.2, 0) is 17.3 Å². The van der Waals surface area contributed by atoms with E-state index in [-0.39, 0.29) is 18.1 Å². The van der Waals surface area contributed by atoms with Gasteiger partial charge in [0.05, 0.1) is 24.4 Å². The lowest BCUT2D eigenvalue weighted by molar-refractivity contribution is -0.137. The number of ether oxygens (including phenoxy) is 1. The molecule has 0 radical (unpaired) electrons. The Balaban J connectivity index is 1.31. The molecule has 3 aromatic rings. The Bertz CT molecular complexity index is 1110. The first kappa shape index (κ1) is 24.7. The molecule has 1 fully saturated rings. The summed E-state index contributed by atoms with van der Waals surface area (Å²) in [6, 6.07) is 20.0. The van der Waals surface area contributed by atoms with E-state index in [4.69, 9.17) is 4.74 Å². The second-order valence-electron chi connectivity index (χ2n) is 9.99. The minimum atomic E-state index is -4.38. The molecule has 3 nitrogen and oxygen atoms in total. The van der Waals surface area contributed by atoms with Gasteiger partial charge in [-0.15, -0.1) is 0 Å². The highest BCUT2D eigenvalue weighted by molar-refractivity contribution is 5.83. The Morgan fingerprint density at radius 1 is 0.971 bits per heavy atom. The van der Waals surface area contributed by atoms with E-state index in [0.29, 0.717) is 12.1 Å². The number of aliphatic hydroxyl groups excluding tert-OH is 1. The molecule has 34 heavy (non-hydrogen) atoms. The number of fused-ring (bicyclic) bond motifs is 1. The molecule has 3 aromatic carbocycles. The maximum Gasteiger partial charge on any atom is 0.416 e. The van der Waals surface area contributed by atoms with Crippen molar-refractivity contribution >= 4 is 10.8 Å². The molecule has 0 aliphatic heterocycles. The Labute approximate surface area is 198 Å². The summed E-state index contributed by atoms with van der Waals surface area (Å²) in [7, 11) is 0. The molecule has 2 unspecified atom stereocenters. The van der Waals surface area contributed by atoms with Crippen molar-refractivity contribution in [3.63, 3.8) is 0 Å². The predicted octanol–water partition coefficient (Wildman–Crippen LogP) is 6.30. The van der Waals surface area contributed by atoms with Crippen molar-refractivity contribution in [2.24, 2.45) is 5.92 Å². The summed E-state index contributed by atoms with van der Waals surface area (Å²) < 4.78 is 45.3. The molecule has 0 spiro atoms. The number of alkyl halides is 3. The molecule has 0 heterocycles. The number of nitrogens with one attached hydrogen (secondary N) is 1.